The average Bonchev–Trinajstić information content (AvgIpc) is 2.65. The third-order valence-electron chi connectivity index (χ3n) is 3.54. The summed E-state index contributed by atoms with van der Waals surface area (Å²) in [5.41, 5.74) is 0.148. The monoisotopic (exact) mass is 212 g/mol. The first-order valence-corrected chi connectivity index (χ1v) is 5.93. The molecule has 1 N–H and O–H groups in total. The number of carbonyl (C=O) groups is 1. The van der Waals surface area contributed by atoms with Crippen LogP contribution in [0.15, 0.2) is 0 Å². The van der Waals surface area contributed by atoms with E-state index in [4.69, 9.17) is 0 Å². The van der Waals surface area contributed by atoms with Crippen LogP contribution in [0, 0.1) is 5.41 Å². The quantitative estimate of drug-likeness (QED) is 0.768. The predicted octanol–water partition coefficient (Wildman–Crippen LogP) is 1.63. The first-order chi connectivity index (χ1) is 6.98. The van der Waals surface area contributed by atoms with E-state index in [1.807, 2.05) is 11.9 Å². The molecule has 0 aromatic rings. The third-order valence-corrected chi connectivity index (χ3v) is 3.54. The summed E-state index contributed by atoms with van der Waals surface area (Å²) < 4.78 is 0. The van der Waals surface area contributed by atoms with Crippen molar-refractivity contribution in [3.63, 3.8) is 0 Å². The Morgan fingerprint density at radius 1 is 1.53 bits per heavy atom. The number of amides is 1. The summed E-state index contributed by atoms with van der Waals surface area (Å²) >= 11 is 0. The maximum Gasteiger partial charge on any atom is 0.223 e. The van der Waals surface area contributed by atoms with Crippen molar-refractivity contribution in [2.45, 2.75) is 46.1 Å². The second kappa shape index (κ2) is 4.97. The summed E-state index contributed by atoms with van der Waals surface area (Å²) in [6.07, 6.45) is 2.83. The molecule has 3 heteroatoms. The number of nitrogens with zero attached hydrogens (tertiary/aromatic N) is 1. The van der Waals surface area contributed by atoms with Crippen LogP contribution in [0.2, 0.25) is 0 Å². The highest BCUT2D eigenvalue weighted by molar-refractivity contribution is 5.77. The maximum absolute atomic E-state index is 12.0. The van der Waals surface area contributed by atoms with Crippen LogP contribution < -0.4 is 5.32 Å². The van der Waals surface area contributed by atoms with Gasteiger partial charge in [-0.1, -0.05) is 27.2 Å². The Balaban J connectivity index is 2.42. The van der Waals surface area contributed by atoms with Gasteiger partial charge in [-0.25, -0.2) is 0 Å². The van der Waals surface area contributed by atoms with Gasteiger partial charge in [-0.2, -0.15) is 0 Å². The summed E-state index contributed by atoms with van der Waals surface area (Å²) in [6, 6.07) is 0.499. The van der Waals surface area contributed by atoms with Crippen molar-refractivity contribution in [2.75, 3.05) is 20.1 Å². The molecule has 1 amide bonds. The predicted molar refractivity (Wildman–Crippen MR) is 62.7 cm³/mol. The second-order valence-corrected chi connectivity index (χ2v) is 5.31. The zero-order valence-electron chi connectivity index (χ0n) is 10.5. The van der Waals surface area contributed by atoms with Crippen molar-refractivity contribution in [1.82, 2.24) is 10.2 Å². The fraction of sp³-hybridized carbons (Fsp3) is 0.917. The molecule has 1 aliphatic rings. The van der Waals surface area contributed by atoms with Gasteiger partial charge < -0.3 is 10.2 Å². The van der Waals surface area contributed by atoms with Gasteiger partial charge in [0.25, 0.3) is 0 Å². The molecule has 0 aliphatic carbocycles. The second-order valence-electron chi connectivity index (χ2n) is 5.31. The van der Waals surface area contributed by atoms with Crippen molar-refractivity contribution in [1.29, 1.82) is 0 Å². The van der Waals surface area contributed by atoms with Crippen molar-refractivity contribution in [2.24, 2.45) is 5.41 Å². The molecule has 1 rings (SSSR count). The molecule has 0 radical (unpaired) electrons. The lowest BCUT2D eigenvalue weighted by Crippen LogP contribution is -2.35. The fourth-order valence-corrected chi connectivity index (χ4v) is 1.87. The minimum absolute atomic E-state index is 0.148. The van der Waals surface area contributed by atoms with E-state index in [0.29, 0.717) is 18.4 Å². The van der Waals surface area contributed by atoms with Gasteiger partial charge in [0.05, 0.1) is 0 Å². The summed E-state index contributed by atoms with van der Waals surface area (Å²) in [4.78, 5) is 14.0. The van der Waals surface area contributed by atoms with Crippen molar-refractivity contribution >= 4 is 5.91 Å². The van der Waals surface area contributed by atoms with Gasteiger partial charge in [0.15, 0.2) is 0 Å². The normalized spacial score (nSPS) is 22.1. The molecule has 0 spiro atoms. The average molecular weight is 212 g/mol. The first-order valence-electron chi connectivity index (χ1n) is 5.93. The van der Waals surface area contributed by atoms with Gasteiger partial charge in [-0.15, -0.1) is 0 Å². The minimum Gasteiger partial charge on any atom is -0.341 e. The Labute approximate surface area is 93.2 Å². The molecule has 15 heavy (non-hydrogen) atoms. The highest BCUT2D eigenvalue weighted by atomic mass is 16.2. The molecule has 0 saturated carbocycles. The van der Waals surface area contributed by atoms with E-state index in [9.17, 15) is 4.79 Å². The van der Waals surface area contributed by atoms with E-state index in [2.05, 4.69) is 26.1 Å². The molecule has 1 heterocycles. The molecule has 0 aromatic heterocycles. The SMILES string of the molecule is CCC(C)(C)CC(=O)N1CCC(NC)C1. The van der Waals surface area contributed by atoms with Gasteiger partial charge >= 0.3 is 0 Å². The van der Waals surface area contributed by atoms with Gasteiger partial charge in [-0.05, 0) is 18.9 Å². The molecule has 1 fully saturated rings. The Kier molecular flexibility index (Phi) is 4.14. The molecule has 88 valence electrons. The van der Waals surface area contributed by atoms with Gasteiger partial charge in [0.1, 0.15) is 0 Å². The van der Waals surface area contributed by atoms with Crippen molar-refractivity contribution < 1.29 is 4.79 Å². The lowest BCUT2D eigenvalue weighted by Gasteiger charge is -2.25. The molecular weight excluding hydrogens is 188 g/mol. The Hall–Kier alpha value is -0.570. The number of carbonyl (C=O) groups excluding carboxylic acids is 1. The third kappa shape index (κ3) is 3.49. The minimum atomic E-state index is 0.148. The summed E-state index contributed by atoms with van der Waals surface area (Å²) in [5.74, 6) is 0.319. The van der Waals surface area contributed by atoms with Gasteiger partial charge in [0.2, 0.25) is 5.91 Å². The van der Waals surface area contributed by atoms with Crippen LogP contribution in [0.5, 0.6) is 0 Å². The van der Waals surface area contributed by atoms with Crippen LogP contribution in [0.3, 0.4) is 0 Å². The first kappa shape index (κ1) is 12.5. The number of hydrogen-bond donors (Lipinski definition) is 1. The maximum atomic E-state index is 12.0. The van der Waals surface area contributed by atoms with E-state index in [1.165, 1.54) is 0 Å². The number of hydrogen-bond acceptors (Lipinski definition) is 2. The molecule has 1 unspecified atom stereocenters. The van der Waals surface area contributed by atoms with Gasteiger partial charge in [0, 0.05) is 25.6 Å². The van der Waals surface area contributed by atoms with Crippen LogP contribution in [0.4, 0.5) is 0 Å². The van der Waals surface area contributed by atoms with E-state index in [1.54, 1.807) is 0 Å². The summed E-state index contributed by atoms with van der Waals surface area (Å²) in [7, 11) is 1.97. The number of rotatable bonds is 4. The smallest absolute Gasteiger partial charge is 0.223 e. The van der Waals surface area contributed by atoms with Crippen molar-refractivity contribution in [3.8, 4) is 0 Å². The highest BCUT2D eigenvalue weighted by Crippen LogP contribution is 2.26. The van der Waals surface area contributed by atoms with Crippen LogP contribution in [-0.4, -0.2) is 37.0 Å². The standard InChI is InChI=1S/C12H24N2O/c1-5-12(2,3)8-11(15)14-7-6-10(9-14)13-4/h10,13H,5-9H2,1-4H3. The molecule has 1 aliphatic heterocycles. The largest absolute Gasteiger partial charge is 0.341 e. The zero-order chi connectivity index (χ0) is 11.5. The van der Waals surface area contributed by atoms with E-state index >= 15 is 0 Å². The van der Waals surface area contributed by atoms with Crippen LogP contribution in [0.25, 0.3) is 0 Å². The molecule has 0 bridgehead atoms. The lowest BCUT2D eigenvalue weighted by atomic mass is 9.86. The summed E-state index contributed by atoms with van der Waals surface area (Å²) in [6.45, 7) is 8.28. The lowest BCUT2D eigenvalue weighted by molar-refractivity contribution is -0.132. The van der Waals surface area contributed by atoms with Gasteiger partial charge in [-0.3, -0.25) is 4.79 Å². The summed E-state index contributed by atoms with van der Waals surface area (Å²) in [5, 5.41) is 3.23. The van der Waals surface area contributed by atoms with E-state index < -0.39 is 0 Å². The Morgan fingerprint density at radius 2 is 2.20 bits per heavy atom. The van der Waals surface area contributed by atoms with Crippen LogP contribution in [0.1, 0.15) is 40.0 Å². The molecule has 1 saturated heterocycles. The zero-order valence-corrected chi connectivity index (χ0v) is 10.5. The molecule has 3 nitrogen and oxygen atoms in total. The number of nitrogens with one attached hydrogen (secondary N) is 1. The van der Waals surface area contributed by atoms with Crippen molar-refractivity contribution in [3.05, 3.63) is 0 Å². The topological polar surface area (TPSA) is 32.3 Å². The number of likely N-dealkylation sites (N-methyl/N-ethyl adjacent to an activating group) is 1. The van der Waals surface area contributed by atoms with E-state index in [-0.39, 0.29) is 5.41 Å². The van der Waals surface area contributed by atoms with Crippen LogP contribution >= 0.6 is 0 Å². The van der Waals surface area contributed by atoms with Crippen LogP contribution in [-0.2, 0) is 4.79 Å². The molecule has 1 atom stereocenters. The molecule has 0 aromatic carbocycles. The van der Waals surface area contributed by atoms with E-state index in [0.717, 1.165) is 25.9 Å². The molecular formula is C12H24N2O. The number of likely N-dealkylation sites (tertiary alicyclic amines) is 1. The fourth-order valence-electron chi connectivity index (χ4n) is 1.87. The Bertz CT molecular complexity index is 226. The Morgan fingerprint density at radius 3 is 2.67 bits per heavy atom. The highest BCUT2D eigenvalue weighted by Gasteiger charge is 2.28.